The standard InChI is InChI=1S/Al.Cu.Mn.7NO3/c;;;7*2-1(3)4/q+3;2*+2;7*-1. The molecule has 0 atom stereocenters. The van der Waals surface area contributed by atoms with Gasteiger partial charge in [-0.2, -0.15) is 0 Å². The van der Waals surface area contributed by atoms with E-state index in [0.717, 1.165) is 0 Å². The molecule has 0 rings (SSSR count). The molecule has 31 heavy (non-hydrogen) atoms. The van der Waals surface area contributed by atoms with Crippen LogP contribution < -0.4 is 0 Å². The van der Waals surface area contributed by atoms with Crippen LogP contribution in [-0.4, -0.2) is 53.0 Å². The zero-order valence-corrected chi connectivity index (χ0v) is 16.2. The van der Waals surface area contributed by atoms with Crippen molar-refractivity contribution in [3.8, 4) is 0 Å². The van der Waals surface area contributed by atoms with E-state index < -0.39 is 35.6 Å². The van der Waals surface area contributed by atoms with E-state index in [1.165, 1.54) is 0 Å². The average Bonchev–Trinajstić information content (AvgIpc) is 2.20. The Balaban J connectivity index is -0.0000000204. The van der Waals surface area contributed by atoms with Crippen molar-refractivity contribution in [1.82, 2.24) is 0 Å². The summed E-state index contributed by atoms with van der Waals surface area (Å²) >= 11 is 0. The molecule has 0 aliphatic heterocycles. The van der Waals surface area contributed by atoms with Crippen molar-refractivity contribution in [1.29, 1.82) is 0 Å². The van der Waals surface area contributed by atoms with Gasteiger partial charge in [-0.3, -0.25) is 0 Å². The minimum atomic E-state index is -1.75. The van der Waals surface area contributed by atoms with Crippen LogP contribution in [0.3, 0.4) is 0 Å². The Bertz CT molecular complexity index is 321. The van der Waals surface area contributed by atoms with Gasteiger partial charge < -0.3 is 107 Å². The maximum atomic E-state index is 8.25. The minimum absolute atomic E-state index is 0. The molecule has 0 saturated carbocycles. The van der Waals surface area contributed by atoms with E-state index in [1.54, 1.807) is 0 Å². The number of rotatable bonds is 0. The van der Waals surface area contributed by atoms with E-state index in [0.29, 0.717) is 0 Å². The van der Waals surface area contributed by atoms with Gasteiger partial charge in [0.2, 0.25) is 0 Å². The number of hydrogen-bond donors (Lipinski definition) is 0. The van der Waals surface area contributed by atoms with Crippen LogP contribution in [0.4, 0.5) is 0 Å². The predicted octanol–water partition coefficient (Wildman–Crippen LogP) is -2.06. The molecule has 0 aromatic rings. The normalized spacial score (nSPS) is 5.42. The summed E-state index contributed by atoms with van der Waals surface area (Å²) in [6, 6.07) is 0. The molecule has 0 aromatic carbocycles. The van der Waals surface area contributed by atoms with E-state index in [1.807, 2.05) is 0 Å². The Morgan fingerprint density at radius 1 is 0.290 bits per heavy atom. The smallest absolute Gasteiger partial charge is 0.356 e. The third-order valence-corrected chi connectivity index (χ3v) is 0. The van der Waals surface area contributed by atoms with Gasteiger partial charge in [-0.1, -0.05) is 0 Å². The fraction of sp³-hybridized carbons (Fsp3) is 0. The van der Waals surface area contributed by atoms with Gasteiger partial charge in [0.25, 0.3) is 0 Å². The summed E-state index contributed by atoms with van der Waals surface area (Å²) in [5, 5.41) is 103. The van der Waals surface area contributed by atoms with Gasteiger partial charge in [-0.15, -0.1) is 0 Å². The van der Waals surface area contributed by atoms with Crippen LogP contribution in [0.15, 0.2) is 0 Å². The number of hydrogen-bond acceptors (Lipinski definition) is 21. The van der Waals surface area contributed by atoms with E-state index in [4.69, 9.17) is 107 Å². The fourth-order valence-corrected chi connectivity index (χ4v) is 0. The number of nitrogens with zero attached hydrogens (tertiary/aromatic N) is 7. The molecule has 0 aromatic heterocycles. The maximum absolute atomic E-state index is 8.25. The summed E-state index contributed by atoms with van der Waals surface area (Å²) in [5.41, 5.74) is 0. The minimum Gasteiger partial charge on any atom is -0.356 e. The average molecular weight is 579 g/mol. The Morgan fingerprint density at radius 3 is 0.290 bits per heavy atom. The third-order valence-electron chi connectivity index (χ3n) is 0. The third kappa shape index (κ3) is 920. The Hall–Kier alpha value is -4.03. The first-order chi connectivity index (χ1) is 12.1. The van der Waals surface area contributed by atoms with Crippen LogP contribution in [0.5, 0.6) is 0 Å². The van der Waals surface area contributed by atoms with Gasteiger partial charge in [-0.25, -0.2) is 0 Å². The molecular formula is AlCuMnN7O21. The van der Waals surface area contributed by atoms with Gasteiger partial charge in [0.15, 0.2) is 0 Å². The van der Waals surface area contributed by atoms with Crippen molar-refractivity contribution in [3.05, 3.63) is 107 Å². The summed E-state index contributed by atoms with van der Waals surface area (Å²) in [4.78, 5) is 57.8. The van der Waals surface area contributed by atoms with Crippen LogP contribution in [-0.2, 0) is 34.1 Å². The Labute approximate surface area is 194 Å². The van der Waals surface area contributed by atoms with Crippen LogP contribution in [0.2, 0.25) is 0 Å². The predicted molar refractivity (Wildman–Crippen MR) is 78.3 cm³/mol. The summed E-state index contributed by atoms with van der Waals surface area (Å²) in [7, 11) is 0. The largest absolute Gasteiger partial charge is 3.00 e. The quantitative estimate of drug-likeness (QED) is 0.169. The first kappa shape index (κ1) is 63.2. The van der Waals surface area contributed by atoms with Crippen molar-refractivity contribution in [2.24, 2.45) is 0 Å². The second-order valence-electron chi connectivity index (χ2n) is 1.57. The van der Waals surface area contributed by atoms with Crippen molar-refractivity contribution in [2.45, 2.75) is 0 Å². The van der Waals surface area contributed by atoms with Crippen molar-refractivity contribution < 1.29 is 69.7 Å². The summed E-state index contributed by atoms with van der Waals surface area (Å²) < 4.78 is 0. The molecule has 31 heteroatoms. The summed E-state index contributed by atoms with van der Waals surface area (Å²) in [6.45, 7) is 0. The van der Waals surface area contributed by atoms with Gasteiger partial charge >= 0.3 is 51.5 Å². The van der Waals surface area contributed by atoms with Gasteiger partial charge in [0.05, 0.1) is 35.6 Å². The molecule has 0 aliphatic rings. The molecule has 0 bridgehead atoms. The maximum Gasteiger partial charge on any atom is 3.00 e. The zero-order chi connectivity index (χ0) is 25.0. The van der Waals surface area contributed by atoms with Crippen LogP contribution in [0.1, 0.15) is 0 Å². The van der Waals surface area contributed by atoms with Gasteiger partial charge in [-0.05, 0) is 0 Å². The molecule has 0 fully saturated rings. The van der Waals surface area contributed by atoms with E-state index in [9.17, 15) is 0 Å². The summed E-state index contributed by atoms with van der Waals surface area (Å²) in [5.74, 6) is 0. The molecule has 0 aliphatic carbocycles. The van der Waals surface area contributed by atoms with Crippen LogP contribution in [0, 0.1) is 107 Å². The van der Waals surface area contributed by atoms with E-state index >= 15 is 0 Å². The summed E-state index contributed by atoms with van der Waals surface area (Å²) in [6.07, 6.45) is 0. The second kappa shape index (κ2) is 56.2. The Morgan fingerprint density at radius 2 is 0.290 bits per heavy atom. The topological polar surface area (TPSA) is 463 Å². The van der Waals surface area contributed by atoms with E-state index in [2.05, 4.69) is 0 Å². The first-order valence-corrected chi connectivity index (χ1v) is 3.83. The molecule has 0 unspecified atom stereocenters. The molecule has 28 nitrogen and oxygen atoms in total. The van der Waals surface area contributed by atoms with Crippen molar-refractivity contribution >= 4 is 17.4 Å². The van der Waals surface area contributed by atoms with E-state index in [-0.39, 0.29) is 51.5 Å². The molecule has 0 heterocycles. The van der Waals surface area contributed by atoms with Gasteiger partial charge in [0, 0.05) is 0 Å². The molecule has 0 saturated heterocycles. The van der Waals surface area contributed by atoms with Crippen LogP contribution >= 0.6 is 0 Å². The molecule has 0 amide bonds. The van der Waals surface area contributed by atoms with Gasteiger partial charge in [0.1, 0.15) is 0 Å². The molecule has 0 spiro atoms. The van der Waals surface area contributed by atoms with Crippen molar-refractivity contribution in [2.75, 3.05) is 0 Å². The van der Waals surface area contributed by atoms with Crippen LogP contribution in [0.25, 0.3) is 0 Å². The molecular weight excluding hydrogens is 579 g/mol. The Kier molecular flexibility index (Phi) is 115. The SMILES string of the molecule is O=[N+]([O-])[O-].O=[N+]([O-])[O-].O=[N+]([O-])[O-].O=[N+]([O-])[O-].O=[N+]([O-])[O-].O=[N+]([O-])[O-].O=[N+]([O-])[O-].[Al+3].[Cu+2].[Mn+2]. The van der Waals surface area contributed by atoms with Crippen molar-refractivity contribution in [3.63, 3.8) is 0 Å². The zero-order valence-electron chi connectivity index (χ0n) is 13.0. The fourth-order valence-electron chi connectivity index (χ4n) is 0. The second-order valence-corrected chi connectivity index (χ2v) is 1.57. The monoisotopic (exact) mass is 579 g/mol. The first-order valence-electron chi connectivity index (χ1n) is 3.83. The molecule has 2 radical (unpaired) electrons. The molecule has 0 N–H and O–H groups in total. The molecule has 182 valence electrons.